The number of anilines is 3. The molecule has 0 aliphatic heterocycles. The van der Waals surface area contributed by atoms with Crippen LogP contribution in [-0.4, -0.2) is 53.8 Å². The molecule has 0 atom stereocenters. The minimum atomic E-state index is -0.715. The molecule has 2 heterocycles. The van der Waals surface area contributed by atoms with Crippen LogP contribution in [0.3, 0.4) is 0 Å². The molecular weight excluding hydrogens is 400 g/mol. The third kappa shape index (κ3) is 5.52. The van der Waals surface area contributed by atoms with Crippen LogP contribution in [0.1, 0.15) is 44.0 Å². The molecular formula is C21H32N6O4. The molecule has 2 aromatic heterocycles. The summed E-state index contributed by atoms with van der Waals surface area (Å²) in [4.78, 5) is 48.2. The minimum absolute atomic E-state index is 0.0422. The van der Waals surface area contributed by atoms with E-state index in [-0.39, 0.29) is 24.7 Å². The van der Waals surface area contributed by atoms with Gasteiger partial charge in [-0.1, -0.05) is 13.3 Å². The number of carbonyl (C=O) groups excluding carboxylic acids is 1. The number of nitrogens with two attached hydrogens (primary N) is 1. The van der Waals surface area contributed by atoms with Crippen molar-refractivity contribution in [2.24, 2.45) is 0 Å². The van der Waals surface area contributed by atoms with E-state index < -0.39 is 17.2 Å². The summed E-state index contributed by atoms with van der Waals surface area (Å²) in [5, 5.41) is 0. The molecule has 0 aliphatic carbocycles. The van der Waals surface area contributed by atoms with E-state index in [1.165, 1.54) is 22.8 Å². The molecule has 31 heavy (non-hydrogen) atoms. The zero-order valence-electron chi connectivity index (χ0n) is 18.7. The van der Waals surface area contributed by atoms with Crippen LogP contribution in [0.2, 0.25) is 0 Å². The van der Waals surface area contributed by atoms with E-state index in [1.807, 2.05) is 20.8 Å². The number of aromatic nitrogens is 3. The van der Waals surface area contributed by atoms with Crippen molar-refractivity contribution >= 4 is 23.2 Å². The smallest absolute Gasteiger partial charge is 0.330 e. The predicted molar refractivity (Wildman–Crippen MR) is 122 cm³/mol. The fourth-order valence-electron chi connectivity index (χ4n) is 3.28. The number of rotatable bonds is 11. The molecule has 10 heteroatoms. The summed E-state index contributed by atoms with van der Waals surface area (Å²) in [5.74, 6) is 0.267. The number of methoxy groups -OCH3 is 1. The van der Waals surface area contributed by atoms with Crippen molar-refractivity contribution in [2.45, 2.75) is 40.2 Å². The second kappa shape index (κ2) is 11.3. The molecule has 2 rings (SSSR count). The maximum Gasteiger partial charge on any atom is 0.330 e. The summed E-state index contributed by atoms with van der Waals surface area (Å²) in [5.41, 5.74) is 5.13. The Kier molecular flexibility index (Phi) is 8.80. The lowest BCUT2D eigenvalue weighted by molar-refractivity contribution is 0.0975. The van der Waals surface area contributed by atoms with Crippen molar-refractivity contribution in [2.75, 3.05) is 48.9 Å². The van der Waals surface area contributed by atoms with Gasteiger partial charge < -0.3 is 15.4 Å². The number of amides is 1. The maximum atomic E-state index is 13.3. The Morgan fingerprint density at radius 1 is 1.23 bits per heavy atom. The lowest BCUT2D eigenvalue weighted by Crippen LogP contribution is -2.42. The van der Waals surface area contributed by atoms with Crippen molar-refractivity contribution in [1.82, 2.24) is 14.5 Å². The molecule has 2 aromatic rings. The molecule has 0 unspecified atom stereocenters. The second-order valence-electron chi connectivity index (χ2n) is 7.03. The fraction of sp³-hybridized carbons (Fsp3) is 0.524. The number of H-pyrrole nitrogens is 1. The van der Waals surface area contributed by atoms with Crippen molar-refractivity contribution < 1.29 is 9.53 Å². The number of pyridine rings is 1. The van der Waals surface area contributed by atoms with Gasteiger partial charge in [-0.2, -0.15) is 0 Å². The number of nitrogens with one attached hydrogen (secondary N) is 1. The highest BCUT2D eigenvalue weighted by molar-refractivity contribution is 6.07. The van der Waals surface area contributed by atoms with Gasteiger partial charge in [-0.15, -0.1) is 0 Å². The van der Waals surface area contributed by atoms with Gasteiger partial charge in [-0.05, 0) is 32.4 Å². The first-order valence-electron chi connectivity index (χ1n) is 10.5. The molecule has 0 fully saturated rings. The van der Waals surface area contributed by atoms with Crippen LogP contribution >= 0.6 is 0 Å². The fourth-order valence-corrected chi connectivity index (χ4v) is 3.28. The van der Waals surface area contributed by atoms with Gasteiger partial charge in [-0.25, -0.2) is 9.78 Å². The average Bonchev–Trinajstić information content (AvgIpc) is 2.76. The number of nitrogens with zero attached hydrogens (tertiary/aromatic N) is 4. The molecule has 1 amide bonds. The van der Waals surface area contributed by atoms with Crippen LogP contribution in [0.4, 0.5) is 17.3 Å². The van der Waals surface area contributed by atoms with Gasteiger partial charge >= 0.3 is 5.69 Å². The highest BCUT2D eigenvalue weighted by Crippen LogP contribution is 2.20. The quantitative estimate of drug-likeness (QED) is 0.550. The van der Waals surface area contributed by atoms with Gasteiger partial charge in [0.2, 0.25) is 0 Å². The van der Waals surface area contributed by atoms with E-state index in [4.69, 9.17) is 10.5 Å². The number of nitrogen functional groups attached to an aromatic ring is 1. The van der Waals surface area contributed by atoms with E-state index in [0.29, 0.717) is 18.5 Å². The van der Waals surface area contributed by atoms with Crippen LogP contribution in [-0.2, 0) is 11.3 Å². The Bertz CT molecular complexity index is 979. The van der Waals surface area contributed by atoms with E-state index >= 15 is 0 Å². The summed E-state index contributed by atoms with van der Waals surface area (Å²) >= 11 is 0. The third-order valence-corrected chi connectivity index (χ3v) is 5.07. The highest BCUT2D eigenvalue weighted by Gasteiger charge is 2.25. The van der Waals surface area contributed by atoms with Gasteiger partial charge in [0.05, 0.1) is 12.2 Å². The molecule has 0 aromatic carbocycles. The third-order valence-electron chi connectivity index (χ3n) is 5.07. The molecule has 0 saturated carbocycles. The molecule has 0 saturated heterocycles. The summed E-state index contributed by atoms with van der Waals surface area (Å²) in [6.07, 6.45) is 3.03. The Hall–Kier alpha value is -3.14. The Labute approximate surface area is 181 Å². The van der Waals surface area contributed by atoms with Gasteiger partial charge in [0.25, 0.3) is 11.5 Å². The number of hydrogen-bond donors (Lipinski definition) is 2. The molecule has 3 N–H and O–H groups in total. The van der Waals surface area contributed by atoms with E-state index in [0.717, 1.165) is 25.3 Å². The first-order chi connectivity index (χ1) is 14.9. The summed E-state index contributed by atoms with van der Waals surface area (Å²) in [6, 6.07) is 3.44. The number of carbonyl (C=O) groups is 1. The summed E-state index contributed by atoms with van der Waals surface area (Å²) < 4.78 is 6.41. The Balaban J connectivity index is 2.50. The largest absolute Gasteiger partial charge is 0.383 e. The van der Waals surface area contributed by atoms with Crippen molar-refractivity contribution in [1.29, 1.82) is 0 Å². The van der Waals surface area contributed by atoms with Crippen LogP contribution < -0.4 is 26.8 Å². The standard InChI is InChI=1S/C21H32N6O4/c1-5-8-11-27-18(22)17(19(28)24-21(27)30)26(12-13-31-4)20(29)15-9-10-16(23-14-15)25(6-2)7-3/h9-10,14H,5-8,11-13,22H2,1-4H3,(H,24,28,30). The molecule has 0 spiro atoms. The van der Waals surface area contributed by atoms with Gasteiger partial charge in [0, 0.05) is 39.5 Å². The summed E-state index contributed by atoms with van der Waals surface area (Å²) in [7, 11) is 1.50. The van der Waals surface area contributed by atoms with Gasteiger partial charge in [0.1, 0.15) is 11.6 Å². The zero-order chi connectivity index (χ0) is 23.0. The predicted octanol–water partition coefficient (Wildman–Crippen LogP) is 1.45. The van der Waals surface area contributed by atoms with Crippen LogP contribution in [0, 0.1) is 0 Å². The van der Waals surface area contributed by atoms with E-state index in [9.17, 15) is 14.4 Å². The first kappa shape index (κ1) is 24.1. The number of aromatic amines is 1. The first-order valence-corrected chi connectivity index (χ1v) is 10.5. The van der Waals surface area contributed by atoms with E-state index in [2.05, 4.69) is 14.9 Å². The van der Waals surface area contributed by atoms with Crippen molar-refractivity contribution in [3.05, 3.63) is 44.7 Å². The topological polar surface area (TPSA) is 127 Å². The Morgan fingerprint density at radius 2 is 1.94 bits per heavy atom. The van der Waals surface area contributed by atoms with Gasteiger partial charge in [-0.3, -0.25) is 24.0 Å². The van der Waals surface area contributed by atoms with E-state index in [1.54, 1.807) is 12.1 Å². The monoisotopic (exact) mass is 432 g/mol. The van der Waals surface area contributed by atoms with Crippen LogP contribution in [0.25, 0.3) is 0 Å². The Morgan fingerprint density at radius 3 is 2.48 bits per heavy atom. The molecule has 10 nitrogen and oxygen atoms in total. The molecule has 170 valence electrons. The molecule has 0 bridgehead atoms. The number of hydrogen-bond acceptors (Lipinski definition) is 7. The van der Waals surface area contributed by atoms with Crippen molar-refractivity contribution in [3.8, 4) is 0 Å². The second-order valence-corrected chi connectivity index (χ2v) is 7.03. The summed E-state index contributed by atoms with van der Waals surface area (Å²) in [6.45, 7) is 8.24. The highest BCUT2D eigenvalue weighted by atomic mass is 16.5. The number of unbranched alkanes of at least 4 members (excludes halogenated alkanes) is 1. The molecule has 0 radical (unpaired) electrons. The van der Waals surface area contributed by atoms with Crippen LogP contribution in [0.15, 0.2) is 27.9 Å². The number of ether oxygens (including phenoxy) is 1. The van der Waals surface area contributed by atoms with Crippen molar-refractivity contribution in [3.63, 3.8) is 0 Å². The SMILES string of the molecule is CCCCn1c(N)c(N(CCOC)C(=O)c2ccc(N(CC)CC)nc2)c(=O)[nH]c1=O. The minimum Gasteiger partial charge on any atom is -0.383 e. The lowest BCUT2D eigenvalue weighted by atomic mass is 10.2. The molecule has 0 aliphatic rings. The maximum absolute atomic E-state index is 13.3. The lowest BCUT2D eigenvalue weighted by Gasteiger charge is -2.25. The average molecular weight is 433 g/mol. The zero-order valence-corrected chi connectivity index (χ0v) is 18.7. The van der Waals surface area contributed by atoms with Gasteiger partial charge in [0.15, 0.2) is 5.69 Å². The van der Waals surface area contributed by atoms with Crippen LogP contribution in [0.5, 0.6) is 0 Å². The normalized spacial score (nSPS) is 10.8.